The van der Waals surface area contributed by atoms with Crippen LogP contribution in [0.1, 0.15) is 214 Å². The van der Waals surface area contributed by atoms with Gasteiger partial charge in [-0.25, -0.2) is 28.8 Å². The molecule has 2 unspecified atom stereocenters. The normalized spacial score (nSPS) is 29.8. The van der Waals surface area contributed by atoms with E-state index >= 15 is 9.59 Å². The minimum absolute atomic E-state index is 0. The number of ether oxygens (including phenoxy) is 15. The summed E-state index contributed by atoms with van der Waals surface area (Å²) < 4.78 is 89.9. The summed E-state index contributed by atoms with van der Waals surface area (Å²) in [6, 6.07) is 53.7. The van der Waals surface area contributed by atoms with Gasteiger partial charge in [-0.2, -0.15) is 0 Å². The Labute approximate surface area is 808 Å². The van der Waals surface area contributed by atoms with Crippen LogP contribution < -0.4 is 0 Å². The van der Waals surface area contributed by atoms with Crippen LogP contribution in [-0.4, -0.2) is 190 Å². The number of ketones is 2. The summed E-state index contributed by atoms with van der Waals surface area (Å²) in [6.07, 6.45) is -13.2. The molecule has 0 amide bonds. The average Bonchev–Trinajstić information content (AvgIpc) is 0.670. The summed E-state index contributed by atoms with van der Waals surface area (Å²) in [5.41, 5.74) is -7.81. The van der Waals surface area contributed by atoms with E-state index in [-0.39, 0.29) is 109 Å². The molecule has 2 saturated heterocycles. The first-order valence-electron chi connectivity index (χ1n) is 47.2. The minimum atomic E-state index is -2.17. The van der Waals surface area contributed by atoms with Gasteiger partial charge in [0.1, 0.15) is 92.3 Å². The van der Waals surface area contributed by atoms with Crippen LogP contribution in [0.2, 0.25) is 0 Å². The van der Waals surface area contributed by atoms with Crippen LogP contribution in [0.25, 0.3) is 0 Å². The smallest absolute Gasteiger partial charge is 0.479 e. The number of benzene rings is 6. The van der Waals surface area contributed by atoms with Crippen molar-refractivity contribution in [3.63, 3.8) is 0 Å². The number of hydrogen-bond donors (Lipinski definition) is 4. The Balaban J connectivity index is 0.000000226. The number of carboxylic acids is 1. The molecule has 29 nitrogen and oxygen atoms in total. The fourth-order valence-corrected chi connectivity index (χ4v) is 23.1. The Morgan fingerprint density at radius 2 is 0.783 bits per heavy atom. The SMILES string of the molecule is C.CC(=O)O[C@@]12CO[C@@H]1C[C@H](OC(=O)OCc1ccccc1)[C@@]1(C)C(=O)[C@H](C)C3=C(C)[C@@H](O)C[C@@](O)([C@@H](OC(=O)c4ccccc4)[C@H]21)C3(C)C.CC(=O)O[C@@]12CO[C@@H]1C[C@H](OC(=O)OCc1ccccc1)[C@@]1(C)C(=O)[C@H](C)C3=C(C)[C@@H](OC(=O)C(OCOCc4ccccc4)[C@@H](C)CC(C)C)C[C@@](O)([C@@H](OC(=O)c4ccccc4)[C@H]21)C3(C)C.CC(C)C[C@H](C)C(OCOCc1ccccc1)C(=O)O. The van der Waals surface area contributed by atoms with Crippen LogP contribution in [0.15, 0.2) is 204 Å². The highest BCUT2D eigenvalue weighted by Crippen LogP contribution is 2.68. The summed E-state index contributed by atoms with van der Waals surface area (Å²) in [5.74, 6) is -9.77. The number of rotatable bonds is 31. The van der Waals surface area contributed by atoms with Crippen LogP contribution in [0.3, 0.4) is 0 Å². The maximum atomic E-state index is 15.9. The van der Waals surface area contributed by atoms with E-state index in [1.807, 2.05) is 113 Å². The second-order valence-corrected chi connectivity index (χ2v) is 40.3. The number of aliphatic carboxylic acids is 1. The van der Waals surface area contributed by atoms with Crippen molar-refractivity contribution < 1.29 is 139 Å². The van der Waals surface area contributed by atoms with Crippen LogP contribution in [0, 0.1) is 69.0 Å². The van der Waals surface area contributed by atoms with E-state index in [1.165, 1.54) is 13.8 Å². The first-order chi connectivity index (χ1) is 64.8. The summed E-state index contributed by atoms with van der Waals surface area (Å²) in [5, 5.41) is 47.7. The van der Waals surface area contributed by atoms with Crippen molar-refractivity contribution in [2.75, 3.05) is 26.8 Å². The molecule has 29 heteroatoms. The lowest BCUT2D eigenvalue weighted by Crippen LogP contribution is -2.81. The van der Waals surface area contributed by atoms with Crippen molar-refractivity contribution in [2.45, 2.75) is 280 Å². The molecular weight excluding hydrogens is 1770 g/mol. The standard InChI is InChI=1S/C54H66O14.C38H44O11.C16H24O4.CH4/c1-32(2)25-33(3)44(64-31-61-28-37-19-13-10-14-20-37)49(58)65-40-27-54(60)47(67-48(57)39-23-17-12-18-24-39)45-52(9,46(56)35(5)43(34(40)4)51(54,7)8)41(26-42-53(45,30-63-42)68-36(6)55)66-50(59)62-29-38-21-15-11-16-22-38;1-21-26(40)18-38(44)32(48-33(42)25-15-11-8-12-16-25)30-36(6,31(41)22(2)29(21)35(38,4)5)27(17-28-37(30,20-46-28)49-23(3)39)47-34(43)45-19-24-13-9-7-10-14-24;1-12(2)9-13(3)15(16(17)18)20-11-19-10-14-7-5-4-6-8-14;/h10-24,32-33,35,40-42,44-45,47,60H,25-31H2,1-9H3;7-16,22,26-28,30,32,40,44H,17-20H2,1-6H3;4-8,12-13,15H,9-11H2,1-3H3,(H,17,18);1H4/t33-,35+,40-,41-,42+,44?,45-,47-,52+,53-,54+;22-,26+,27+,28-,30+,32+,36-,37+,38-;13-,15?;/m010./s1. The fourth-order valence-electron chi connectivity index (χ4n) is 23.1. The van der Waals surface area contributed by atoms with Crippen molar-refractivity contribution >= 4 is 59.7 Å². The number of carbonyl (C=O) groups is 10. The van der Waals surface area contributed by atoms with E-state index < -0.39 is 188 Å². The second kappa shape index (κ2) is 44.7. The van der Waals surface area contributed by atoms with Crippen molar-refractivity contribution in [1.82, 2.24) is 0 Å². The van der Waals surface area contributed by atoms with Crippen LogP contribution in [0.4, 0.5) is 9.59 Å². The van der Waals surface area contributed by atoms with Crippen LogP contribution in [0.5, 0.6) is 0 Å². The van der Waals surface area contributed by atoms with Crippen molar-refractivity contribution in [2.24, 2.45) is 69.0 Å². The van der Waals surface area contributed by atoms with E-state index in [2.05, 4.69) is 13.8 Å². The Morgan fingerprint density at radius 1 is 0.449 bits per heavy atom. The zero-order valence-electron chi connectivity index (χ0n) is 81.6. The lowest BCUT2D eigenvalue weighted by molar-refractivity contribution is -0.345. The maximum absolute atomic E-state index is 15.9. The van der Waals surface area contributed by atoms with Gasteiger partial charge in [0.2, 0.25) is 0 Å². The number of carboxylic acid groups (broad SMARTS) is 1. The molecule has 2 heterocycles. The molecule has 6 aromatic rings. The summed E-state index contributed by atoms with van der Waals surface area (Å²) in [6.45, 7) is 31.6. The molecule has 0 aromatic heterocycles. The van der Waals surface area contributed by atoms with Gasteiger partial charge in [0.25, 0.3) is 0 Å². The second-order valence-electron chi connectivity index (χ2n) is 40.3. The molecule has 6 aromatic carbocycles. The van der Waals surface area contributed by atoms with E-state index in [9.17, 15) is 58.8 Å². The molecule has 8 aliphatic rings. The number of hydrogen-bond acceptors (Lipinski definition) is 28. The third-order valence-electron chi connectivity index (χ3n) is 29.6. The van der Waals surface area contributed by atoms with Gasteiger partial charge < -0.3 is 91.5 Å². The molecule has 22 atom stereocenters. The van der Waals surface area contributed by atoms with Gasteiger partial charge in [-0.05, 0) is 133 Å². The first kappa shape index (κ1) is 108. The topological polar surface area (TPSA) is 390 Å². The van der Waals surface area contributed by atoms with Gasteiger partial charge in [-0.15, -0.1) is 0 Å². The molecule has 0 radical (unpaired) electrons. The number of esters is 5. The predicted molar refractivity (Wildman–Crippen MR) is 505 cm³/mol. The van der Waals surface area contributed by atoms with Gasteiger partial charge in [0, 0.05) is 62.2 Å². The van der Waals surface area contributed by atoms with Gasteiger partial charge in [0.15, 0.2) is 23.4 Å². The van der Waals surface area contributed by atoms with E-state index in [0.29, 0.717) is 46.8 Å². The van der Waals surface area contributed by atoms with Crippen molar-refractivity contribution in [3.05, 3.63) is 238 Å². The Bertz CT molecular complexity index is 5300. The minimum Gasteiger partial charge on any atom is -0.479 e. The molecule has 4 bridgehead atoms. The molecule has 6 fully saturated rings. The first-order valence-corrected chi connectivity index (χ1v) is 47.2. The van der Waals surface area contributed by atoms with Gasteiger partial charge in [0.05, 0.1) is 66.3 Å². The fraction of sp³-hybridized carbons (Fsp3) is 0.541. The highest BCUT2D eigenvalue weighted by molar-refractivity contribution is 5.94. The van der Waals surface area contributed by atoms with Crippen LogP contribution >= 0.6 is 0 Å². The number of aliphatic hydroxyl groups excluding tert-OH is 1. The molecule has 2 aliphatic heterocycles. The van der Waals surface area contributed by atoms with Crippen molar-refractivity contribution in [3.8, 4) is 0 Å². The lowest BCUT2D eigenvalue weighted by atomic mass is 9.43. The third kappa shape index (κ3) is 22.1. The quantitative estimate of drug-likeness (QED) is 0.0103. The van der Waals surface area contributed by atoms with E-state index in [1.54, 1.807) is 166 Å². The maximum Gasteiger partial charge on any atom is 0.508 e. The zero-order chi connectivity index (χ0) is 99.7. The van der Waals surface area contributed by atoms with E-state index in [0.717, 1.165) is 23.1 Å². The predicted octanol–water partition coefficient (Wildman–Crippen LogP) is 17.2. The molecule has 138 heavy (non-hydrogen) atoms. The van der Waals surface area contributed by atoms with Gasteiger partial charge in [-0.3, -0.25) is 19.2 Å². The Morgan fingerprint density at radius 3 is 1.12 bits per heavy atom. The highest BCUT2D eigenvalue weighted by Gasteiger charge is 2.81. The van der Waals surface area contributed by atoms with Gasteiger partial charge >= 0.3 is 48.1 Å². The van der Waals surface area contributed by atoms with Crippen molar-refractivity contribution in [1.29, 1.82) is 0 Å². The molecule has 6 aliphatic carbocycles. The monoisotopic (exact) mass is 1910 g/mol. The number of aliphatic hydroxyl groups is 3. The summed E-state index contributed by atoms with van der Waals surface area (Å²) in [4.78, 5) is 139. The molecule has 4 saturated carbocycles. The molecule has 0 spiro atoms. The number of carbonyl (C=O) groups excluding carboxylic acids is 9. The highest BCUT2D eigenvalue weighted by atomic mass is 16.7. The third-order valence-corrected chi connectivity index (χ3v) is 29.6. The van der Waals surface area contributed by atoms with E-state index in [4.69, 9.17) is 71.1 Å². The van der Waals surface area contributed by atoms with Gasteiger partial charge in [-0.1, -0.05) is 248 Å². The number of fused-ring (bicyclic) bond motifs is 10. The molecule has 748 valence electrons. The average molecular weight is 1910 g/mol. The summed E-state index contributed by atoms with van der Waals surface area (Å²) >= 11 is 0. The number of Topliss-reactive ketones (excluding diaryl/α,β-unsaturated/α-hetero) is 2. The lowest BCUT2D eigenvalue weighted by Gasteiger charge is -2.67. The van der Waals surface area contributed by atoms with Crippen LogP contribution in [-0.2, 0) is 126 Å². The Hall–Kier alpha value is -10.9. The Kier molecular flexibility index (Phi) is 34.9. The zero-order valence-corrected chi connectivity index (χ0v) is 81.6. The molecule has 4 N–H and O–H groups in total. The molecular formula is C109H138O29. The summed E-state index contributed by atoms with van der Waals surface area (Å²) in [7, 11) is 0. The molecule has 14 rings (SSSR count). The largest absolute Gasteiger partial charge is 0.508 e.